The summed E-state index contributed by atoms with van der Waals surface area (Å²) in [5.74, 6) is 0.748. The van der Waals surface area contributed by atoms with Crippen LogP contribution in [0.2, 0.25) is 0 Å². The van der Waals surface area contributed by atoms with Crippen molar-refractivity contribution in [1.29, 1.82) is 0 Å². The molecule has 0 spiro atoms. The van der Waals surface area contributed by atoms with Gasteiger partial charge in [-0.3, -0.25) is 0 Å². The predicted molar refractivity (Wildman–Crippen MR) is 60.8 cm³/mol. The Morgan fingerprint density at radius 3 is 3.20 bits per heavy atom. The van der Waals surface area contributed by atoms with Crippen LogP contribution < -0.4 is 5.32 Å². The van der Waals surface area contributed by atoms with Crippen molar-refractivity contribution in [3.63, 3.8) is 0 Å². The van der Waals surface area contributed by atoms with E-state index in [1.165, 1.54) is 0 Å². The summed E-state index contributed by atoms with van der Waals surface area (Å²) in [4.78, 5) is 4.16. The van der Waals surface area contributed by atoms with Gasteiger partial charge in [0.25, 0.3) is 0 Å². The second-order valence-corrected chi connectivity index (χ2v) is 4.57. The molecule has 0 saturated carbocycles. The molecule has 0 aliphatic carbocycles. The Kier molecular flexibility index (Phi) is 3.23. The van der Waals surface area contributed by atoms with Gasteiger partial charge in [0.2, 0.25) is 0 Å². The van der Waals surface area contributed by atoms with E-state index in [9.17, 15) is 5.11 Å². The number of nitrogens with one attached hydrogen (secondary N) is 1. The summed E-state index contributed by atoms with van der Waals surface area (Å²) in [5.41, 5.74) is -0.753. The monoisotopic (exact) mass is 272 g/mol. The van der Waals surface area contributed by atoms with E-state index in [0.29, 0.717) is 26.2 Å². The normalized spacial score (nSPS) is 25.5. The highest BCUT2D eigenvalue weighted by atomic mass is 79.9. The SMILES string of the molecule is OC1(CNc2ncccc2Br)CCOC1. The molecule has 1 aliphatic rings. The first-order valence-electron chi connectivity index (χ1n) is 4.84. The van der Waals surface area contributed by atoms with Gasteiger partial charge in [-0.25, -0.2) is 4.98 Å². The number of hydrogen-bond acceptors (Lipinski definition) is 4. The lowest BCUT2D eigenvalue weighted by Crippen LogP contribution is -2.37. The zero-order chi connectivity index (χ0) is 10.7. The first-order valence-corrected chi connectivity index (χ1v) is 5.63. The Morgan fingerprint density at radius 1 is 1.67 bits per heavy atom. The third-order valence-electron chi connectivity index (χ3n) is 2.43. The number of ether oxygens (including phenoxy) is 1. The smallest absolute Gasteiger partial charge is 0.140 e. The minimum atomic E-state index is -0.753. The molecule has 0 bridgehead atoms. The van der Waals surface area contributed by atoms with Crippen LogP contribution in [0.4, 0.5) is 5.82 Å². The first-order chi connectivity index (χ1) is 7.20. The van der Waals surface area contributed by atoms with E-state index in [-0.39, 0.29) is 0 Å². The molecule has 2 rings (SSSR count). The Labute approximate surface area is 96.8 Å². The van der Waals surface area contributed by atoms with Crippen molar-refractivity contribution in [2.45, 2.75) is 12.0 Å². The minimum Gasteiger partial charge on any atom is -0.386 e. The fraction of sp³-hybridized carbons (Fsp3) is 0.500. The molecule has 15 heavy (non-hydrogen) atoms. The molecular formula is C10H13BrN2O2. The maximum atomic E-state index is 10.0. The van der Waals surface area contributed by atoms with Gasteiger partial charge >= 0.3 is 0 Å². The molecule has 2 heterocycles. The largest absolute Gasteiger partial charge is 0.386 e. The highest BCUT2D eigenvalue weighted by Crippen LogP contribution is 2.22. The average Bonchev–Trinajstić information content (AvgIpc) is 2.65. The van der Waals surface area contributed by atoms with E-state index in [1.54, 1.807) is 6.20 Å². The molecule has 5 heteroatoms. The van der Waals surface area contributed by atoms with Crippen LogP contribution in [0, 0.1) is 0 Å². The first kappa shape index (κ1) is 10.9. The van der Waals surface area contributed by atoms with Gasteiger partial charge in [0.15, 0.2) is 0 Å². The Balaban J connectivity index is 1.95. The summed E-state index contributed by atoms with van der Waals surface area (Å²) in [6.07, 6.45) is 2.38. The van der Waals surface area contributed by atoms with Crippen molar-refractivity contribution in [2.24, 2.45) is 0 Å². The fourth-order valence-electron chi connectivity index (χ4n) is 1.50. The number of aromatic nitrogens is 1. The quantitative estimate of drug-likeness (QED) is 0.874. The summed E-state index contributed by atoms with van der Waals surface area (Å²) < 4.78 is 6.05. The van der Waals surface area contributed by atoms with Crippen LogP contribution in [0.15, 0.2) is 22.8 Å². The van der Waals surface area contributed by atoms with Gasteiger partial charge in [0, 0.05) is 25.8 Å². The second kappa shape index (κ2) is 4.47. The van der Waals surface area contributed by atoms with Crippen LogP contribution in [0.3, 0.4) is 0 Å². The van der Waals surface area contributed by atoms with E-state index in [1.807, 2.05) is 12.1 Å². The molecule has 0 radical (unpaired) electrons. The Hall–Kier alpha value is -0.650. The Morgan fingerprint density at radius 2 is 2.53 bits per heavy atom. The van der Waals surface area contributed by atoms with Gasteiger partial charge in [-0.05, 0) is 28.1 Å². The number of nitrogens with zero attached hydrogens (tertiary/aromatic N) is 1. The van der Waals surface area contributed by atoms with Crippen molar-refractivity contribution in [3.05, 3.63) is 22.8 Å². The zero-order valence-electron chi connectivity index (χ0n) is 8.24. The molecule has 1 aromatic heterocycles. The van der Waals surface area contributed by atoms with Gasteiger partial charge < -0.3 is 15.2 Å². The lowest BCUT2D eigenvalue weighted by molar-refractivity contribution is 0.0381. The zero-order valence-corrected chi connectivity index (χ0v) is 9.83. The third kappa shape index (κ3) is 2.68. The van der Waals surface area contributed by atoms with Gasteiger partial charge in [0.1, 0.15) is 11.4 Å². The third-order valence-corrected chi connectivity index (χ3v) is 3.07. The lowest BCUT2D eigenvalue weighted by Gasteiger charge is -2.21. The number of halogens is 1. The summed E-state index contributed by atoms with van der Waals surface area (Å²) >= 11 is 3.39. The lowest BCUT2D eigenvalue weighted by atomic mass is 10.0. The van der Waals surface area contributed by atoms with E-state index >= 15 is 0 Å². The molecule has 1 atom stereocenters. The molecule has 2 N–H and O–H groups in total. The molecule has 0 amide bonds. The highest BCUT2D eigenvalue weighted by molar-refractivity contribution is 9.10. The van der Waals surface area contributed by atoms with Gasteiger partial charge in [0.05, 0.1) is 11.1 Å². The maximum Gasteiger partial charge on any atom is 0.140 e. The summed E-state index contributed by atoms with van der Waals surface area (Å²) in [6.45, 7) is 1.48. The second-order valence-electron chi connectivity index (χ2n) is 3.71. The van der Waals surface area contributed by atoms with Crippen molar-refractivity contribution in [3.8, 4) is 0 Å². The number of aliphatic hydroxyl groups is 1. The molecule has 82 valence electrons. The summed E-state index contributed by atoms with van der Waals surface area (Å²) in [5, 5.41) is 13.1. The predicted octanol–water partition coefficient (Wildman–Crippen LogP) is 1.41. The average molecular weight is 273 g/mol. The number of anilines is 1. The van der Waals surface area contributed by atoms with E-state index < -0.39 is 5.60 Å². The van der Waals surface area contributed by atoms with Crippen LogP contribution in [0.25, 0.3) is 0 Å². The van der Waals surface area contributed by atoms with Crippen molar-refractivity contribution >= 4 is 21.7 Å². The van der Waals surface area contributed by atoms with Gasteiger partial charge in [-0.1, -0.05) is 0 Å². The molecule has 1 aliphatic heterocycles. The maximum absolute atomic E-state index is 10.0. The summed E-state index contributed by atoms with van der Waals surface area (Å²) in [7, 11) is 0. The molecule has 0 aromatic carbocycles. The standard InChI is InChI=1S/C10H13BrN2O2/c11-8-2-1-4-12-9(8)13-6-10(14)3-5-15-7-10/h1-2,4,14H,3,5-7H2,(H,12,13). The van der Waals surface area contributed by atoms with Crippen LogP contribution >= 0.6 is 15.9 Å². The highest BCUT2D eigenvalue weighted by Gasteiger charge is 2.32. The van der Waals surface area contributed by atoms with Gasteiger partial charge in [-0.2, -0.15) is 0 Å². The molecule has 1 saturated heterocycles. The van der Waals surface area contributed by atoms with Crippen molar-refractivity contribution < 1.29 is 9.84 Å². The molecule has 1 aromatic rings. The van der Waals surface area contributed by atoms with Crippen molar-refractivity contribution in [2.75, 3.05) is 25.1 Å². The van der Waals surface area contributed by atoms with E-state index in [2.05, 4.69) is 26.2 Å². The van der Waals surface area contributed by atoms with Crippen LogP contribution in [0.1, 0.15) is 6.42 Å². The summed E-state index contributed by atoms with van der Waals surface area (Å²) in [6, 6.07) is 3.76. The van der Waals surface area contributed by atoms with Crippen molar-refractivity contribution in [1.82, 2.24) is 4.98 Å². The molecular weight excluding hydrogens is 260 g/mol. The van der Waals surface area contributed by atoms with Crippen LogP contribution in [-0.4, -0.2) is 35.5 Å². The van der Waals surface area contributed by atoms with Gasteiger partial charge in [-0.15, -0.1) is 0 Å². The molecule has 1 unspecified atom stereocenters. The van der Waals surface area contributed by atoms with E-state index in [4.69, 9.17) is 4.74 Å². The molecule has 4 nitrogen and oxygen atoms in total. The topological polar surface area (TPSA) is 54.4 Å². The fourth-order valence-corrected chi connectivity index (χ4v) is 1.90. The van der Waals surface area contributed by atoms with Crippen LogP contribution in [0.5, 0.6) is 0 Å². The van der Waals surface area contributed by atoms with E-state index in [0.717, 1.165) is 10.3 Å². The van der Waals surface area contributed by atoms with Crippen LogP contribution in [-0.2, 0) is 4.74 Å². The molecule has 1 fully saturated rings. The number of hydrogen-bond donors (Lipinski definition) is 2. The number of rotatable bonds is 3. The Bertz CT molecular complexity index is 340. The minimum absolute atomic E-state index is 0.393. The number of pyridine rings is 1.